The molecule has 7 heteroatoms. The minimum atomic E-state index is -0.711. The summed E-state index contributed by atoms with van der Waals surface area (Å²) in [6.45, 7) is 4.34. The highest BCUT2D eigenvalue weighted by Gasteiger charge is 2.16. The zero-order valence-electron chi connectivity index (χ0n) is 12.3. The number of aliphatic hydroxyl groups is 1. The van der Waals surface area contributed by atoms with Crippen molar-refractivity contribution in [2.24, 2.45) is 0 Å². The molecule has 0 fully saturated rings. The number of anilines is 1. The van der Waals surface area contributed by atoms with Crippen LogP contribution in [0.2, 0.25) is 0 Å². The molecule has 20 heavy (non-hydrogen) atoms. The van der Waals surface area contributed by atoms with Crippen molar-refractivity contribution in [3.05, 3.63) is 18.0 Å². The van der Waals surface area contributed by atoms with E-state index in [1.807, 2.05) is 13.8 Å². The number of ether oxygens (including phenoxy) is 1. The third kappa shape index (κ3) is 5.10. The quantitative estimate of drug-likeness (QED) is 0.751. The number of carbonyl (C=O) groups excluding carboxylic acids is 1. The van der Waals surface area contributed by atoms with Crippen LogP contribution in [0.1, 0.15) is 24.2 Å². The lowest BCUT2D eigenvalue weighted by Crippen LogP contribution is -2.36. The number of methoxy groups -OCH3 is 1. The first kappa shape index (κ1) is 16.3. The van der Waals surface area contributed by atoms with E-state index in [2.05, 4.69) is 15.3 Å². The van der Waals surface area contributed by atoms with Crippen LogP contribution in [-0.2, 0) is 4.74 Å². The summed E-state index contributed by atoms with van der Waals surface area (Å²) in [6, 6.07) is 0.225. The van der Waals surface area contributed by atoms with Gasteiger partial charge in [0, 0.05) is 39.1 Å². The average molecular weight is 282 g/mol. The van der Waals surface area contributed by atoms with E-state index in [0.717, 1.165) is 0 Å². The van der Waals surface area contributed by atoms with E-state index in [9.17, 15) is 9.90 Å². The Labute approximate surface area is 119 Å². The molecular formula is C13H22N4O3. The molecule has 1 atom stereocenters. The van der Waals surface area contributed by atoms with Crippen LogP contribution in [0.25, 0.3) is 0 Å². The van der Waals surface area contributed by atoms with Crippen LogP contribution in [-0.4, -0.2) is 65.3 Å². The zero-order valence-corrected chi connectivity index (χ0v) is 12.3. The Morgan fingerprint density at radius 3 is 2.55 bits per heavy atom. The highest BCUT2D eigenvalue weighted by atomic mass is 16.5. The molecule has 0 aliphatic heterocycles. The number of rotatable bonds is 7. The summed E-state index contributed by atoms with van der Waals surface area (Å²) >= 11 is 0. The first-order valence-corrected chi connectivity index (χ1v) is 6.45. The Balaban J connectivity index is 2.62. The number of likely N-dealkylation sites (N-methyl/N-ethyl adjacent to an activating group) is 1. The Kier molecular flexibility index (Phi) is 6.33. The van der Waals surface area contributed by atoms with Gasteiger partial charge >= 0.3 is 0 Å². The Hall–Kier alpha value is -1.73. The van der Waals surface area contributed by atoms with Crippen LogP contribution in [0, 0.1) is 0 Å². The minimum Gasteiger partial charge on any atom is -0.389 e. The van der Waals surface area contributed by atoms with Gasteiger partial charge in [-0.05, 0) is 13.8 Å². The third-order valence-corrected chi connectivity index (χ3v) is 2.51. The van der Waals surface area contributed by atoms with Gasteiger partial charge in [0.05, 0.1) is 18.3 Å². The fourth-order valence-corrected chi connectivity index (χ4v) is 1.64. The van der Waals surface area contributed by atoms with Gasteiger partial charge in [-0.1, -0.05) is 0 Å². The molecule has 1 rings (SSSR count). The summed E-state index contributed by atoms with van der Waals surface area (Å²) < 4.78 is 4.82. The van der Waals surface area contributed by atoms with Crippen LogP contribution in [0.4, 0.5) is 5.95 Å². The van der Waals surface area contributed by atoms with E-state index in [1.165, 1.54) is 24.4 Å². The maximum absolute atomic E-state index is 12.1. The zero-order chi connectivity index (χ0) is 15.1. The maximum atomic E-state index is 12.1. The van der Waals surface area contributed by atoms with E-state index >= 15 is 0 Å². The smallest absolute Gasteiger partial charge is 0.256 e. The summed E-state index contributed by atoms with van der Waals surface area (Å²) in [5.74, 6) is 0.245. The van der Waals surface area contributed by atoms with E-state index in [-0.39, 0.29) is 25.1 Å². The topological polar surface area (TPSA) is 87.6 Å². The molecule has 0 saturated heterocycles. The third-order valence-electron chi connectivity index (χ3n) is 2.51. The van der Waals surface area contributed by atoms with Crippen LogP contribution in [0.3, 0.4) is 0 Å². The highest BCUT2D eigenvalue weighted by Crippen LogP contribution is 2.05. The number of nitrogens with one attached hydrogen (secondary N) is 1. The van der Waals surface area contributed by atoms with E-state index in [4.69, 9.17) is 4.74 Å². The number of hydrogen-bond donors (Lipinski definition) is 2. The molecule has 0 aliphatic carbocycles. The van der Waals surface area contributed by atoms with Crippen molar-refractivity contribution in [2.75, 3.05) is 32.6 Å². The fourth-order valence-electron chi connectivity index (χ4n) is 1.64. The van der Waals surface area contributed by atoms with Crippen LogP contribution < -0.4 is 5.32 Å². The van der Waals surface area contributed by atoms with Crippen molar-refractivity contribution in [2.45, 2.75) is 26.0 Å². The van der Waals surface area contributed by atoms with E-state index in [0.29, 0.717) is 11.5 Å². The van der Waals surface area contributed by atoms with Crippen LogP contribution >= 0.6 is 0 Å². The molecule has 0 aromatic carbocycles. The predicted molar refractivity (Wildman–Crippen MR) is 75.6 cm³/mol. The van der Waals surface area contributed by atoms with E-state index < -0.39 is 6.10 Å². The molecule has 0 aliphatic rings. The van der Waals surface area contributed by atoms with Gasteiger partial charge in [-0.15, -0.1) is 0 Å². The van der Waals surface area contributed by atoms with Crippen molar-refractivity contribution in [1.82, 2.24) is 14.9 Å². The van der Waals surface area contributed by atoms with Gasteiger partial charge in [0.15, 0.2) is 0 Å². The molecule has 1 heterocycles. The van der Waals surface area contributed by atoms with Crippen LogP contribution in [0.15, 0.2) is 12.4 Å². The SMILES string of the molecule is COCC(O)CN(C)C(=O)c1cnc(NC(C)C)nc1. The normalized spacial score (nSPS) is 12.3. The molecule has 2 N–H and O–H groups in total. The van der Waals surface area contributed by atoms with Gasteiger partial charge in [0.2, 0.25) is 5.95 Å². The lowest BCUT2D eigenvalue weighted by molar-refractivity contribution is 0.0380. The summed E-state index contributed by atoms with van der Waals surface area (Å²) in [7, 11) is 3.11. The van der Waals surface area contributed by atoms with Gasteiger partial charge in [0.1, 0.15) is 0 Å². The molecule has 1 unspecified atom stereocenters. The molecule has 0 saturated carbocycles. The lowest BCUT2D eigenvalue weighted by Gasteiger charge is -2.20. The second kappa shape index (κ2) is 7.76. The summed E-state index contributed by atoms with van der Waals surface area (Å²) in [6.07, 6.45) is 2.23. The number of amides is 1. The monoisotopic (exact) mass is 282 g/mol. The van der Waals surface area contributed by atoms with Crippen molar-refractivity contribution in [1.29, 1.82) is 0 Å². The van der Waals surface area contributed by atoms with Gasteiger partial charge in [-0.3, -0.25) is 4.79 Å². The number of aromatic nitrogens is 2. The number of aliphatic hydroxyl groups excluding tert-OH is 1. The molecule has 0 spiro atoms. The van der Waals surface area contributed by atoms with E-state index in [1.54, 1.807) is 7.05 Å². The Bertz CT molecular complexity index is 422. The lowest BCUT2D eigenvalue weighted by atomic mass is 10.2. The molecule has 112 valence electrons. The van der Waals surface area contributed by atoms with Crippen molar-refractivity contribution >= 4 is 11.9 Å². The molecule has 1 amide bonds. The summed E-state index contributed by atoms with van der Waals surface area (Å²) in [5, 5.41) is 12.6. The Morgan fingerprint density at radius 1 is 1.45 bits per heavy atom. The first-order valence-electron chi connectivity index (χ1n) is 6.45. The molecule has 0 bridgehead atoms. The van der Waals surface area contributed by atoms with Gasteiger partial charge in [-0.25, -0.2) is 9.97 Å². The van der Waals surface area contributed by atoms with Crippen LogP contribution in [0.5, 0.6) is 0 Å². The van der Waals surface area contributed by atoms with Gasteiger partial charge in [0.25, 0.3) is 5.91 Å². The number of carbonyl (C=O) groups is 1. The minimum absolute atomic E-state index is 0.186. The van der Waals surface area contributed by atoms with Crippen molar-refractivity contribution < 1.29 is 14.6 Å². The standard InChI is InChI=1S/C13H22N4O3/c1-9(2)16-13-14-5-10(6-15-13)12(19)17(3)7-11(18)8-20-4/h5-6,9,11,18H,7-8H2,1-4H3,(H,14,15,16). The highest BCUT2D eigenvalue weighted by molar-refractivity contribution is 5.93. The number of nitrogens with zero attached hydrogens (tertiary/aromatic N) is 3. The fraction of sp³-hybridized carbons (Fsp3) is 0.615. The molecule has 7 nitrogen and oxygen atoms in total. The maximum Gasteiger partial charge on any atom is 0.256 e. The Morgan fingerprint density at radius 2 is 2.05 bits per heavy atom. The molecule has 1 aromatic heterocycles. The second-order valence-electron chi connectivity index (χ2n) is 4.89. The largest absolute Gasteiger partial charge is 0.389 e. The first-order chi connectivity index (χ1) is 9.43. The second-order valence-corrected chi connectivity index (χ2v) is 4.89. The predicted octanol–water partition coefficient (Wildman–Crippen LogP) is 0.376. The number of hydrogen-bond acceptors (Lipinski definition) is 6. The molecule has 1 aromatic rings. The summed E-state index contributed by atoms with van der Waals surface area (Å²) in [5.41, 5.74) is 0.381. The molecule has 0 radical (unpaired) electrons. The van der Waals surface area contributed by atoms with Gasteiger partial charge in [-0.2, -0.15) is 0 Å². The summed E-state index contributed by atoms with van der Waals surface area (Å²) in [4.78, 5) is 21.7. The van der Waals surface area contributed by atoms with Crippen molar-refractivity contribution in [3.8, 4) is 0 Å². The van der Waals surface area contributed by atoms with Gasteiger partial charge < -0.3 is 20.1 Å². The van der Waals surface area contributed by atoms with Crippen molar-refractivity contribution in [3.63, 3.8) is 0 Å². The average Bonchev–Trinajstić information content (AvgIpc) is 2.38. The molecular weight excluding hydrogens is 260 g/mol.